The molecule has 0 saturated carbocycles. The summed E-state index contributed by atoms with van der Waals surface area (Å²) in [5, 5.41) is 12.4. The molecule has 9 nitrogen and oxygen atoms in total. The standard InChI is InChI=1S/C13H21N5O4/c1-5-20-12(19)10(8-14)16-22-13(15-2)18-6-7-21-11(9-18)17(3)4/h11H,5-7,9H2,1-4H3. The Hall–Kier alpha value is -2.18. The van der Waals surface area contributed by atoms with Gasteiger partial charge < -0.3 is 19.2 Å². The van der Waals surface area contributed by atoms with Gasteiger partial charge in [0.25, 0.3) is 5.71 Å². The van der Waals surface area contributed by atoms with Crippen LogP contribution < -0.4 is 0 Å². The number of morpholine rings is 1. The number of oxime groups is 1. The van der Waals surface area contributed by atoms with Gasteiger partial charge in [0, 0.05) is 13.6 Å². The van der Waals surface area contributed by atoms with Gasteiger partial charge in [0.1, 0.15) is 12.3 Å². The molecular formula is C13H21N5O4. The first-order chi connectivity index (χ1) is 10.5. The summed E-state index contributed by atoms with van der Waals surface area (Å²) in [5.41, 5.74) is -0.458. The van der Waals surface area contributed by atoms with Gasteiger partial charge in [0.15, 0.2) is 0 Å². The number of carbonyl (C=O) groups is 1. The zero-order chi connectivity index (χ0) is 16.5. The van der Waals surface area contributed by atoms with Gasteiger partial charge in [-0.3, -0.25) is 4.90 Å². The minimum Gasteiger partial charge on any atom is -0.461 e. The SMILES string of the molecule is CCOC(=O)C(C#N)=NOC(=NC)N1CCOC(N(C)C)C1. The van der Waals surface area contributed by atoms with Gasteiger partial charge in [0.2, 0.25) is 0 Å². The van der Waals surface area contributed by atoms with Gasteiger partial charge in [-0.05, 0) is 21.0 Å². The number of hydrogen-bond acceptors (Lipinski definition) is 8. The van der Waals surface area contributed by atoms with E-state index in [2.05, 4.69) is 10.1 Å². The number of carbonyl (C=O) groups excluding carboxylic acids is 1. The number of nitrogens with zero attached hydrogens (tertiary/aromatic N) is 5. The van der Waals surface area contributed by atoms with Crippen molar-refractivity contribution in [1.29, 1.82) is 5.26 Å². The number of esters is 1. The van der Waals surface area contributed by atoms with Crippen LogP contribution in [0, 0.1) is 11.3 Å². The normalized spacial score (nSPS) is 19.8. The molecule has 1 aliphatic rings. The molecule has 1 heterocycles. The zero-order valence-corrected chi connectivity index (χ0v) is 13.3. The summed E-state index contributed by atoms with van der Waals surface area (Å²) >= 11 is 0. The topological polar surface area (TPSA) is 99.8 Å². The predicted octanol–water partition coefficient (Wildman–Crippen LogP) is -0.349. The Morgan fingerprint density at radius 1 is 1.55 bits per heavy atom. The second-order valence-corrected chi connectivity index (χ2v) is 4.60. The average molecular weight is 311 g/mol. The highest BCUT2D eigenvalue weighted by molar-refractivity contribution is 6.42. The van der Waals surface area contributed by atoms with E-state index in [1.54, 1.807) is 20.0 Å². The fourth-order valence-corrected chi connectivity index (χ4v) is 1.75. The van der Waals surface area contributed by atoms with Crippen LogP contribution in [0.4, 0.5) is 0 Å². The molecular weight excluding hydrogens is 290 g/mol. The molecule has 0 spiro atoms. The maximum Gasteiger partial charge on any atom is 0.371 e. The average Bonchev–Trinajstić information content (AvgIpc) is 2.52. The fourth-order valence-electron chi connectivity index (χ4n) is 1.75. The molecule has 0 aliphatic carbocycles. The third-order valence-electron chi connectivity index (χ3n) is 2.88. The highest BCUT2D eigenvalue weighted by atomic mass is 16.7. The predicted molar refractivity (Wildman–Crippen MR) is 79.1 cm³/mol. The molecule has 122 valence electrons. The number of likely N-dealkylation sites (N-methyl/N-ethyl adjacent to an activating group) is 1. The molecule has 0 aromatic carbocycles. The lowest BCUT2D eigenvalue weighted by molar-refractivity contribution is -0.135. The molecule has 0 N–H and O–H groups in total. The van der Waals surface area contributed by atoms with E-state index in [9.17, 15) is 4.79 Å². The minimum absolute atomic E-state index is 0.0985. The van der Waals surface area contributed by atoms with Crippen LogP contribution in [0.25, 0.3) is 0 Å². The van der Waals surface area contributed by atoms with Crippen LogP contribution in [0.5, 0.6) is 0 Å². The van der Waals surface area contributed by atoms with Gasteiger partial charge >= 0.3 is 12.0 Å². The molecule has 1 saturated heterocycles. The summed E-state index contributed by atoms with van der Waals surface area (Å²) < 4.78 is 10.3. The Morgan fingerprint density at radius 2 is 2.27 bits per heavy atom. The lowest BCUT2D eigenvalue weighted by Crippen LogP contribution is -2.51. The number of aliphatic imine (C=N–C) groups is 1. The Labute approximate surface area is 129 Å². The first-order valence-corrected chi connectivity index (χ1v) is 6.85. The molecule has 1 unspecified atom stereocenters. The third-order valence-corrected chi connectivity index (χ3v) is 2.88. The zero-order valence-electron chi connectivity index (χ0n) is 13.3. The van der Waals surface area contributed by atoms with E-state index in [-0.39, 0.29) is 18.9 Å². The van der Waals surface area contributed by atoms with Crippen LogP contribution in [0.3, 0.4) is 0 Å². The van der Waals surface area contributed by atoms with Crippen LogP contribution in [-0.4, -0.2) is 81.2 Å². The van der Waals surface area contributed by atoms with Gasteiger partial charge in [-0.2, -0.15) is 5.26 Å². The van der Waals surface area contributed by atoms with Crippen LogP contribution >= 0.6 is 0 Å². The van der Waals surface area contributed by atoms with Crippen molar-refractivity contribution in [1.82, 2.24) is 9.80 Å². The molecule has 1 fully saturated rings. The number of hydrogen-bond donors (Lipinski definition) is 0. The van der Waals surface area contributed by atoms with Crippen molar-refractivity contribution in [3.63, 3.8) is 0 Å². The van der Waals surface area contributed by atoms with E-state index in [0.29, 0.717) is 19.7 Å². The van der Waals surface area contributed by atoms with Crippen molar-refractivity contribution >= 4 is 17.7 Å². The summed E-state index contributed by atoms with van der Waals surface area (Å²) in [6.07, 6.45) is -0.0985. The van der Waals surface area contributed by atoms with E-state index in [4.69, 9.17) is 19.6 Å². The van der Waals surface area contributed by atoms with Crippen molar-refractivity contribution in [3.05, 3.63) is 0 Å². The van der Waals surface area contributed by atoms with Crippen molar-refractivity contribution in [2.45, 2.75) is 13.2 Å². The van der Waals surface area contributed by atoms with Gasteiger partial charge in [-0.15, -0.1) is 0 Å². The quantitative estimate of drug-likeness (QED) is 0.303. The monoisotopic (exact) mass is 311 g/mol. The largest absolute Gasteiger partial charge is 0.461 e. The number of rotatable bonds is 4. The highest BCUT2D eigenvalue weighted by Crippen LogP contribution is 2.09. The lowest BCUT2D eigenvalue weighted by atomic mass is 10.4. The van der Waals surface area contributed by atoms with Crippen LogP contribution in [0.15, 0.2) is 10.1 Å². The van der Waals surface area contributed by atoms with Crippen LogP contribution in [0.1, 0.15) is 6.92 Å². The van der Waals surface area contributed by atoms with Crippen molar-refractivity contribution < 1.29 is 19.1 Å². The summed E-state index contributed by atoms with van der Waals surface area (Å²) in [4.78, 5) is 24.4. The number of ether oxygens (including phenoxy) is 2. The van der Waals surface area contributed by atoms with Crippen LogP contribution in [-0.2, 0) is 19.1 Å². The highest BCUT2D eigenvalue weighted by Gasteiger charge is 2.25. The molecule has 0 aromatic heterocycles. The second-order valence-electron chi connectivity index (χ2n) is 4.60. The Morgan fingerprint density at radius 3 is 2.82 bits per heavy atom. The number of amidine groups is 1. The van der Waals surface area contributed by atoms with E-state index in [1.165, 1.54) is 0 Å². The molecule has 0 radical (unpaired) electrons. The van der Waals surface area contributed by atoms with Gasteiger partial charge in [-0.1, -0.05) is 5.16 Å². The summed E-state index contributed by atoms with van der Waals surface area (Å²) in [5.74, 6) is -0.825. The van der Waals surface area contributed by atoms with E-state index in [1.807, 2.05) is 23.9 Å². The van der Waals surface area contributed by atoms with Gasteiger partial charge in [0.05, 0.1) is 19.8 Å². The molecule has 0 amide bonds. The summed E-state index contributed by atoms with van der Waals surface area (Å²) in [6, 6.07) is 1.86. The first kappa shape index (κ1) is 17.9. The molecule has 0 bridgehead atoms. The van der Waals surface area contributed by atoms with Crippen molar-refractivity contribution in [2.24, 2.45) is 10.1 Å². The summed E-state index contributed by atoms with van der Waals surface area (Å²) in [6.45, 7) is 3.42. The summed E-state index contributed by atoms with van der Waals surface area (Å²) in [7, 11) is 5.36. The Balaban J connectivity index is 2.73. The molecule has 9 heteroatoms. The molecule has 1 rings (SSSR count). The van der Waals surface area contributed by atoms with Crippen molar-refractivity contribution in [3.8, 4) is 6.07 Å². The second kappa shape index (κ2) is 8.96. The number of nitriles is 1. The lowest BCUT2D eigenvalue weighted by Gasteiger charge is -2.36. The van der Waals surface area contributed by atoms with E-state index >= 15 is 0 Å². The Kier molecular flexibility index (Phi) is 7.28. The molecule has 1 aliphatic heterocycles. The molecule has 0 aromatic rings. The smallest absolute Gasteiger partial charge is 0.371 e. The Bertz CT molecular complexity index is 483. The van der Waals surface area contributed by atoms with E-state index < -0.39 is 11.7 Å². The first-order valence-electron chi connectivity index (χ1n) is 6.85. The van der Waals surface area contributed by atoms with Crippen molar-refractivity contribution in [2.75, 3.05) is 47.4 Å². The van der Waals surface area contributed by atoms with Gasteiger partial charge in [-0.25, -0.2) is 9.79 Å². The fraction of sp³-hybridized carbons (Fsp3) is 0.692. The molecule has 1 atom stereocenters. The maximum absolute atomic E-state index is 11.5. The maximum atomic E-state index is 11.5. The van der Waals surface area contributed by atoms with E-state index in [0.717, 1.165) is 0 Å². The molecule has 22 heavy (non-hydrogen) atoms. The minimum atomic E-state index is -0.825. The third kappa shape index (κ3) is 4.98. The van der Waals surface area contributed by atoms with Crippen LogP contribution in [0.2, 0.25) is 0 Å².